The fraction of sp³-hybridized carbons (Fsp3) is 0.318. The molecule has 0 bridgehead atoms. The van der Waals surface area contributed by atoms with Crippen molar-refractivity contribution in [2.75, 3.05) is 18.5 Å². The summed E-state index contributed by atoms with van der Waals surface area (Å²) in [4.78, 5) is 29.7. The molecule has 0 aliphatic heterocycles. The van der Waals surface area contributed by atoms with Crippen LogP contribution >= 0.6 is 0 Å². The average molecular weight is 394 g/mol. The van der Waals surface area contributed by atoms with Crippen molar-refractivity contribution < 1.29 is 14.3 Å². The lowest BCUT2D eigenvalue weighted by atomic mass is 10.2. The number of hydrogen-bond donors (Lipinski definition) is 2. The molecule has 0 saturated carbocycles. The molecule has 152 valence electrons. The van der Waals surface area contributed by atoms with E-state index in [1.54, 1.807) is 47.0 Å². The van der Waals surface area contributed by atoms with E-state index in [1.807, 2.05) is 13.0 Å². The van der Waals surface area contributed by atoms with Gasteiger partial charge in [0, 0.05) is 18.4 Å². The number of imidazole rings is 1. The molecule has 2 aromatic heterocycles. The van der Waals surface area contributed by atoms with Crippen LogP contribution < -0.4 is 15.4 Å². The van der Waals surface area contributed by atoms with Gasteiger partial charge in [0.15, 0.2) is 5.69 Å². The predicted molar refractivity (Wildman–Crippen MR) is 113 cm³/mol. The van der Waals surface area contributed by atoms with E-state index in [9.17, 15) is 9.59 Å². The number of nitrogens with one attached hydrogen (secondary N) is 2. The van der Waals surface area contributed by atoms with Crippen LogP contribution in [0.25, 0.3) is 5.52 Å². The number of unbranched alkanes of at least 4 members (excludes halogenated alkanes) is 2. The zero-order valence-corrected chi connectivity index (χ0v) is 16.8. The lowest BCUT2D eigenvalue weighted by molar-refractivity contribution is 0.0942. The van der Waals surface area contributed by atoms with Gasteiger partial charge >= 0.3 is 0 Å². The van der Waals surface area contributed by atoms with Gasteiger partial charge in [-0.05, 0) is 49.7 Å². The highest BCUT2D eigenvalue weighted by molar-refractivity contribution is 6.08. The molecule has 2 N–H and O–H groups in total. The number of carbonyl (C=O) groups is 2. The smallest absolute Gasteiger partial charge is 0.287 e. The molecule has 0 aliphatic carbocycles. The van der Waals surface area contributed by atoms with Crippen LogP contribution in [0.1, 0.15) is 54.2 Å². The lowest BCUT2D eigenvalue weighted by Gasteiger charge is -2.06. The molecular formula is C22H26N4O3. The Labute approximate surface area is 170 Å². The van der Waals surface area contributed by atoms with Crippen molar-refractivity contribution >= 4 is 23.0 Å². The average Bonchev–Trinajstić information content (AvgIpc) is 3.13. The minimum Gasteiger partial charge on any atom is -0.494 e. The van der Waals surface area contributed by atoms with E-state index >= 15 is 0 Å². The molecule has 3 rings (SSSR count). The number of ether oxygens (including phenoxy) is 1. The van der Waals surface area contributed by atoms with Crippen molar-refractivity contribution in [3.05, 3.63) is 60.2 Å². The second-order valence-corrected chi connectivity index (χ2v) is 6.61. The van der Waals surface area contributed by atoms with E-state index in [4.69, 9.17) is 4.74 Å². The molecule has 0 radical (unpaired) electrons. The first-order valence-electron chi connectivity index (χ1n) is 9.93. The molecule has 2 amide bonds. The molecule has 0 saturated heterocycles. The van der Waals surface area contributed by atoms with Crippen LogP contribution in [0.3, 0.4) is 0 Å². The zero-order valence-electron chi connectivity index (χ0n) is 16.8. The standard InChI is InChI=1S/C22H26N4O3/c1-3-5-7-14-23-22(28)20-25-19(18-9-6-8-15-26(18)20)21(27)24-16-10-12-17(13-11-16)29-4-2/h6,8-13,15H,3-5,7,14H2,1-2H3,(H,23,28)(H,24,27). The number of pyridine rings is 1. The van der Waals surface area contributed by atoms with Gasteiger partial charge in [-0.15, -0.1) is 0 Å². The molecule has 7 nitrogen and oxygen atoms in total. The highest BCUT2D eigenvalue weighted by Gasteiger charge is 2.21. The van der Waals surface area contributed by atoms with Gasteiger partial charge < -0.3 is 15.4 Å². The number of carbonyl (C=O) groups excluding carboxylic acids is 2. The Morgan fingerprint density at radius 1 is 1.03 bits per heavy atom. The highest BCUT2D eigenvalue weighted by Crippen LogP contribution is 2.18. The number of benzene rings is 1. The van der Waals surface area contributed by atoms with Gasteiger partial charge in [-0.2, -0.15) is 0 Å². The van der Waals surface area contributed by atoms with E-state index in [-0.39, 0.29) is 23.3 Å². The first-order chi connectivity index (χ1) is 14.1. The van der Waals surface area contributed by atoms with Crippen molar-refractivity contribution in [3.8, 4) is 5.75 Å². The third kappa shape index (κ3) is 4.93. The van der Waals surface area contributed by atoms with Crippen LogP contribution in [-0.2, 0) is 0 Å². The summed E-state index contributed by atoms with van der Waals surface area (Å²) < 4.78 is 7.05. The highest BCUT2D eigenvalue weighted by atomic mass is 16.5. The molecule has 29 heavy (non-hydrogen) atoms. The number of nitrogens with zero attached hydrogens (tertiary/aromatic N) is 2. The van der Waals surface area contributed by atoms with Gasteiger partial charge in [0.25, 0.3) is 11.8 Å². The summed E-state index contributed by atoms with van der Waals surface area (Å²) in [5, 5.41) is 5.71. The number of hydrogen-bond acceptors (Lipinski definition) is 4. The summed E-state index contributed by atoms with van der Waals surface area (Å²) >= 11 is 0. The molecule has 0 unspecified atom stereocenters. The maximum absolute atomic E-state index is 12.8. The number of aromatic nitrogens is 2. The number of anilines is 1. The summed E-state index contributed by atoms with van der Waals surface area (Å²) in [7, 11) is 0. The van der Waals surface area contributed by atoms with Crippen molar-refractivity contribution in [3.63, 3.8) is 0 Å². The maximum atomic E-state index is 12.8. The quantitative estimate of drug-likeness (QED) is 0.539. The van der Waals surface area contributed by atoms with Crippen molar-refractivity contribution in [1.29, 1.82) is 0 Å². The molecule has 0 aliphatic rings. The summed E-state index contributed by atoms with van der Waals surface area (Å²) in [6.07, 6.45) is 4.78. The van der Waals surface area contributed by atoms with E-state index in [0.717, 1.165) is 25.0 Å². The zero-order chi connectivity index (χ0) is 20.6. The Morgan fingerprint density at radius 3 is 2.55 bits per heavy atom. The molecular weight excluding hydrogens is 368 g/mol. The van der Waals surface area contributed by atoms with Gasteiger partial charge in [0.1, 0.15) is 5.75 Å². The van der Waals surface area contributed by atoms with Crippen LogP contribution in [0.4, 0.5) is 5.69 Å². The van der Waals surface area contributed by atoms with Gasteiger partial charge in [0.05, 0.1) is 12.1 Å². The number of fused-ring (bicyclic) bond motifs is 1. The fourth-order valence-electron chi connectivity index (χ4n) is 3.01. The largest absolute Gasteiger partial charge is 0.494 e. The first-order valence-corrected chi connectivity index (χ1v) is 9.93. The fourth-order valence-corrected chi connectivity index (χ4v) is 3.01. The van der Waals surface area contributed by atoms with Crippen molar-refractivity contribution in [1.82, 2.24) is 14.7 Å². The molecule has 0 atom stereocenters. The maximum Gasteiger partial charge on any atom is 0.287 e. The molecule has 0 fully saturated rings. The van der Waals surface area contributed by atoms with E-state index < -0.39 is 0 Å². The summed E-state index contributed by atoms with van der Waals surface area (Å²) in [5.74, 6) is 0.277. The van der Waals surface area contributed by atoms with E-state index in [1.165, 1.54) is 0 Å². The summed E-state index contributed by atoms with van der Waals surface area (Å²) in [6, 6.07) is 12.5. The molecule has 3 aromatic rings. The van der Waals surface area contributed by atoms with Crippen LogP contribution in [0, 0.1) is 0 Å². The number of rotatable bonds is 9. The minimum absolute atomic E-state index is 0.203. The first kappa shape index (κ1) is 20.4. The monoisotopic (exact) mass is 394 g/mol. The Hall–Kier alpha value is -3.35. The Balaban J connectivity index is 1.79. The Kier molecular flexibility index (Phi) is 6.84. The van der Waals surface area contributed by atoms with Gasteiger partial charge in [0.2, 0.25) is 5.82 Å². The van der Waals surface area contributed by atoms with Crippen molar-refractivity contribution in [2.24, 2.45) is 0 Å². The number of amides is 2. The second-order valence-electron chi connectivity index (χ2n) is 6.61. The Bertz CT molecular complexity index is 979. The predicted octanol–water partition coefficient (Wildman–Crippen LogP) is 3.91. The second kappa shape index (κ2) is 9.73. The van der Waals surface area contributed by atoms with Gasteiger partial charge in [-0.3, -0.25) is 14.0 Å². The third-order valence-electron chi connectivity index (χ3n) is 4.46. The van der Waals surface area contributed by atoms with Crippen LogP contribution in [0.15, 0.2) is 48.7 Å². The van der Waals surface area contributed by atoms with Crippen LogP contribution in [-0.4, -0.2) is 34.4 Å². The molecule has 0 spiro atoms. The SMILES string of the molecule is CCCCCNC(=O)c1nc(C(=O)Nc2ccc(OCC)cc2)c2ccccn12. The van der Waals surface area contributed by atoms with Crippen LogP contribution in [0.2, 0.25) is 0 Å². The molecule has 1 aromatic carbocycles. The van der Waals surface area contributed by atoms with Gasteiger partial charge in [-0.1, -0.05) is 25.8 Å². The van der Waals surface area contributed by atoms with Crippen molar-refractivity contribution in [2.45, 2.75) is 33.1 Å². The van der Waals surface area contributed by atoms with Gasteiger partial charge in [-0.25, -0.2) is 4.98 Å². The summed E-state index contributed by atoms with van der Waals surface area (Å²) in [6.45, 7) is 5.19. The third-order valence-corrected chi connectivity index (χ3v) is 4.46. The Morgan fingerprint density at radius 2 is 1.83 bits per heavy atom. The molecule has 2 heterocycles. The van der Waals surface area contributed by atoms with E-state index in [0.29, 0.717) is 24.4 Å². The normalized spacial score (nSPS) is 10.7. The molecule has 7 heteroatoms. The van der Waals surface area contributed by atoms with Crippen LogP contribution in [0.5, 0.6) is 5.75 Å². The minimum atomic E-state index is -0.372. The lowest BCUT2D eigenvalue weighted by Crippen LogP contribution is -2.26. The summed E-state index contributed by atoms with van der Waals surface area (Å²) in [5.41, 5.74) is 1.41. The topological polar surface area (TPSA) is 84.7 Å². The van der Waals surface area contributed by atoms with E-state index in [2.05, 4.69) is 22.5 Å².